The average Bonchev–Trinajstić information content (AvgIpc) is 1.84. The van der Waals surface area contributed by atoms with Crippen LogP contribution in [0.4, 0.5) is 0 Å². The molecule has 0 aliphatic heterocycles. The summed E-state index contributed by atoms with van der Waals surface area (Å²) < 4.78 is 23.3. The molecular formula is C5H11NO2S. The van der Waals surface area contributed by atoms with E-state index in [0.717, 1.165) is 11.8 Å². The Hall–Kier alpha value is -0.350. The largest absolute Gasteiger partial charge is 0.233 e. The van der Waals surface area contributed by atoms with Gasteiger partial charge in [0.15, 0.2) is 0 Å². The van der Waals surface area contributed by atoms with E-state index < -0.39 is 10.0 Å². The number of nitrogens with one attached hydrogen (secondary N) is 1. The van der Waals surface area contributed by atoms with E-state index >= 15 is 0 Å². The van der Waals surface area contributed by atoms with Crippen molar-refractivity contribution in [1.82, 2.24) is 4.72 Å². The van der Waals surface area contributed by atoms with Gasteiger partial charge in [-0.1, -0.05) is 13.0 Å². The summed E-state index contributed by atoms with van der Waals surface area (Å²) in [6.45, 7) is 1.88. The molecule has 54 valence electrons. The van der Waals surface area contributed by atoms with E-state index in [1.165, 1.54) is 7.05 Å². The number of rotatable bonds is 3. The van der Waals surface area contributed by atoms with Crippen molar-refractivity contribution < 1.29 is 8.42 Å². The third-order valence-corrected chi connectivity index (χ3v) is 1.92. The van der Waals surface area contributed by atoms with Crippen LogP contribution in [-0.4, -0.2) is 15.5 Å². The van der Waals surface area contributed by atoms with Gasteiger partial charge in [-0.2, -0.15) is 0 Å². The molecule has 9 heavy (non-hydrogen) atoms. The molecule has 0 radical (unpaired) electrons. The summed E-state index contributed by atoms with van der Waals surface area (Å²) in [5, 5.41) is 1.16. The summed E-state index contributed by atoms with van der Waals surface area (Å²) in [6, 6.07) is 0. The van der Waals surface area contributed by atoms with Crippen LogP contribution in [0.2, 0.25) is 0 Å². The van der Waals surface area contributed by atoms with E-state index in [0.29, 0.717) is 0 Å². The highest BCUT2D eigenvalue weighted by Gasteiger charge is 1.95. The second-order valence-corrected chi connectivity index (χ2v) is 3.30. The molecule has 0 aromatic carbocycles. The Balaban J connectivity index is 4.04. The molecule has 0 spiro atoms. The van der Waals surface area contributed by atoms with Crippen LogP contribution in [0, 0.1) is 0 Å². The van der Waals surface area contributed by atoms with Gasteiger partial charge in [-0.25, -0.2) is 13.1 Å². The molecule has 0 aromatic rings. The normalized spacial score (nSPS) is 12.7. The van der Waals surface area contributed by atoms with Crippen molar-refractivity contribution >= 4 is 10.0 Å². The van der Waals surface area contributed by atoms with Crippen LogP contribution in [0.25, 0.3) is 0 Å². The van der Waals surface area contributed by atoms with Gasteiger partial charge in [-0.05, 0) is 13.5 Å². The maximum Gasteiger partial charge on any atom is 0.233 e. The van der Waals surface area contributed by atoms with Crippen molar-refractivity contribution in [3.05, 3.63) is 11.5 Å². The summed E-state index contributed by atoms with van der Waals surface area (Å²) in [5.74, 6) is 0. The molecule has 1 N–H and O–H groups in total. The van der Waals surface area contributed by atoms with Crippen molar-refractivity contribution in [2.75, 3.05) is 7.05 Å². The van der Waals surface area contributed by atoms with Crippen LogP contribution in [0.5, 0.6) is 0 Å². The second-order valence-electron chi connectivity index (χ2n) is 1.53. The van der Waals surface area contributed by atoms with E-state index in [9.17, 15) is 8.42 Å². The lowest BCUT2D eigenvalue weighted by Crippen LogP contribution is -2.14. The SMILES string of the molecule is CC/C=C/S(=O)(=O)NC. The molecule has 0 amide bonds. The molecule has 0 unspecified atom stereocenters. The van der Waals surface area contributed by atoms with Gasteiger partial charge >= 0.3 is 0 Å². The van der Waals surface area contributed by atoms with E-state index in [4.69, 9.17) is 0 Å². The lowest BCUT2D eigenvalue weighted by atomic mass is 10.5. The van der Waals surface area contributed by atoms with Crippen molar-refractivity contribution in [2.24, 2.45) is 0 Å². The van der Waals surface area contributed by atoms with Crippen LogP contribution >= 0.6 is 0 Å². The van der Waals surface area contributed by atoms with Crippen LogP contribution in [-0.2, 0) is 10.0 Å². The monoisotopic (exact) mass is 149 g/mol. The summed E-state index contributed by atoms with van der Waals surface area (Å²) in [6.07, 6.45) is 2.33. The number of hydrogen-bond donors (Lipinski definition) is 1. The number of sulfonamides is 1. The highest BCUT2D eigenvalue weighted by molar-refractivity contribution is 7.92. The first-order chi connectivity index (χ1) is 4.12. The number of allylic oxidation sites excluding steroid dienone is 1. The van der Waals surface area contributed by atoms with E-state index in [1.54, 1.807) is 6.08 Å². The lowest BCUT2D eigenvalue weighted by molar-refractivity contribution is 0.597. The van der Waals surface area contributed by atoms with Crippen LogP contribution in [0.3, 0.4) is 0 Å². The predicted octanol–water partition coefficient (Wildman–Crippen LogP) is 0.459. The quantitative estimate of drug-likeness (QED) is 0.633. The Labute approximate surface area is 55.8 Å². The summed E-state index contributed by atoms with van der Waals surface area (Å²) in [5.41, 5.74) is 0. The molecule has 0 aliphatic rings. The van der Waals surface area contributed by atoms with Crippen LogP contribution in [0.1, 0.15) is 13.3 Å². The molecule has 0 atom stereocenters. The fraction of sp³-hybridized carbons (Fsp3) is 0.600. The van der Waals surface area contributed by atoms with Gasteiger partial charge in [0, 0.05) is 5.41 Å². The maximum absolute atomic E-state index is 10.6. The average molecular weight is 149 g/mol. The molecular weight excluding hydrogens is 138 g/mol. The van der Waals surface area contributed by atoms with E-state index in [2.05, 4.69) is 4.72 Å². The van der Waals surface area contributed by atoms with Gasteiger partial charge < -0.3 is 0 Å². The van der Waals surface area contributed by atoms with Gasteiger partial charge in [0.2, 0.25) is 10.0 Å². The third kappa shape index (κ3) is 4.17. The topological polar surface area (TPSA) is 46.2 Å². The third-order valence-electron chi connectivity index (χ3n) is 0.796. The highest BCUT2D eigenvalue weighted by Crippen LogP contribution is 1.86. The standard InChI is InChI=1S/C5H11NO2S/c1-3-4-5-9(7,8)6-2/h4-6H,3H2,1-2H3/b5-4+. The summed E-state index contributed by atoms with van der Waals surface area (Å²) >= 11 is 0. The van der Waals surface area contributed by atoms with Crippen molar-refractivity contribution in [2.45, 2.75) is 13.3 Å². The second kappa shape index (κ2) is 3.63. The first kappa shape index (κ1) is 8.65. The van der Waals surface area contributed by atoms with Crippen molar-refractivity contribution in [3.8, 4) is 0 Å². The molecule has 3 nitrogen and oxygen atoms in total. The Morgan fingerprint density at radius 2 is 2.11 bits per heavy atom. The van der Waals surface area contributed by atoms with E-state index in [-0.39, 0.29) is 0 Å². The Kier molecular flexibility index (Phi) is 3.49. The van der Waals surface area contributed by atoms with Gasteiger partial charge in [-0.15, -0.1) is 0 Å². The first-order valence-corrected chi connectivity index (χ1v) is 4.27. The molecule has 0 saturated heterocycles. The predicted molar refractivity (Wildman–Crippen MR) is 37.4 cm³/mol. The minimum Gasteiger partial charge on any atom is -0.215 e. The molecule has 0 saturated carbocycles. The molecule has 0 bridgehead atoms. The zero-order valence-corrected chi connectivity index (χ0v) is 6.40. The molecule has 4 heteroatoms. The number of hydrogen-bond acceptors (Lipinski definition) is 2. The highest BCUT2D eigenvalue weighted by atomic mass is 32.2. The van der Waals surface area contributed by atoms with Crippen molar-refractivity contribution in [3.63, 3.8) is 0 Å². The van der Waals surface area contributed by atoms with Gasteiger partial charge in [-0.3, -0.25) is 0 Å². The zero-order chi connectivity index (χ0) is 7.33. The first-order valence-electron chi connectivity index (χ1n) is 2.72. The molecule has 0 aliphatic carbocycles. The van der Waals surface area contributed by atoms with Gasteiger partial charge in [0.05, 0.1) is 0 Å². The minimum atomic E-state index is -3.11. The van der Waals surface area contributed by atoms with Gasteiger partial charge in [0.1, 0.15) is 0 Å². The molecule has 0 aromatic heterocycles. The zero-order valence-electron chi connectivity index (χ0n) is 5.59. The lowest BCUT2D eigenvalue weighted by Gasteiger charge is -1.90. The van der Waals surface area contributed by atoms with Crippen LogP contribution in [0.15, 0.2) is 11.5 Å². The Bertz CT molecular complexity index is 181. The van der Waals surface area contributed by atoms with Gasteiger partial charge in [0.25, 0.3) is 0 Å². The summed E-state index contributed by atoms with van der Waals surface area (Å²) in [4.78, 5) is 0. The fourth-order valence-corrected chi connectivity index (χ4v) is 0.873. The Morgan fingerprint density at radius 3 is 2.44 bits per heavy atom. The van der Waals surface area contributed by atoms with Crippen LogP contribution < -0.4 is 4.72 Å². The maximum atomic E-state index is 10.6. The van der Waals surface area contributed by atoms with E-state index in [1.807, 2.05) is 6.92 Å². The molecule has 0 heterocycles. The molecule has 0 rings (SSSR count). The van der Waals surface area contributed by atoms with Crippen molar-refractivity contribution in [1.29, 1.82) is 0 Å². The summed E-state index contributed by atoms with van der Waals surface area (Å²) in [7, 11) is -1.73. The minimum absolute atomic E-state index is 0.737. The molecule has 0 fully saturated rings. The smallest absolute Gasteiger partial charge is 0.215 e. The fourth-order valence-electron chi connectivity index (χ4n) is 0.291. The Morgan fingerprint density at radius 1 is 1.56 bits per heavy atom.